The van der Waals surface area contributed by atoms with Crippen LogP contribution in [0, 0.1) is 0 Å². The van der Waals surface area contributed by atoms with E-state index < -0.39 is 0 Å². The maximum atomic E-state index is 12.8. The van der Waals surface area contributed by atoms with Crippen LogP contribution in [0.1, 0.15) is 0 Å². The molecular formula is C17H19FN6O. The Hall–Kier alpha value is -2.74. The van der Waals surface area contributed by atoms with E-state index in [2.05, 4.69) is 20.4 Å². The lowest BCUT2D eigenvalue weighted by Gasteiger charge is -2.21. The second kappa shape index (κ2) is 7.02. The summed E-state index contributed by atoms with van der Waals surface area (Å²) < 4.78 is 20.3. The number of pyridine rings is 1. The molecule has 4 bridgehead atoms. The number of fused-ring (bicyclic) bond motifs is 4. The minimum Gasteiger partial charge on any atom is -0.492 e. The van der Waals surface area contributed by atoms with Crippen LogP contribution in [-0.2, 0) is 0 Å². The molecule has 0 aliphatic carbocycles. The van der Waals surface area contributed by atoms with Crippen LogP contribution in [0.25, 0.3) is 17.0 Å². The second-order valence-corrected chi connectivity index (χ2v) is 5.81. The molecule has 1 aliphatic rings. The van der Waals surface area contributed by atoms with Gasteiger partial charge in [-0.25, -0.2) is 13.9 Å². The zero-order valence-corrected chi connectivity index (χ0v) is 13.7. The van der Waals surface area contributed by atoms with Gasteiger partial charge >= 0.3 is 0 Å². The first kappa shape index (κ1) is 15.8. The number of nitrogens with zero attached hydrogens (tertiary/aromatic N) is 5. The van der Waals surface area contributed by atoms with Crippen LogP contribution in [0.3, 0.4) is 0 Å². The van der Waals surface area contributed by atoms with E-state index >= 15 is 0 Å². The average molecular weight is 342 g/mol. The van der Waals surface area contributed by atoms with Crippen LogP contribution in [-0.4, -0.2) is 63.9 Å². The number of anilines is 1. The molecule has 3 aromatic heterocycles. The molecule has 0 fully saturated rings. The minimum absolute atomic E-state index is 0.373. The summed E-state index contributed by atoms with van der Waals surface area (Å²) >= 11 is 0. The average Bonchev–Trinajstić information content (AvgIpc) is 3.05. The molecule has 0 radical (unpaired) electrons. The Morgan fingerprint density at radius 3 is 3.08 bits per heavy atom. The van der Waals surface area contributed by atoms with Crippen LogP contribution >= 0.6 is 0 Å². The van der Waals surface area contributed by atoms with Crippen molar-refractivity contribution >= 4 is 11.5 Å². The Balaban J connectivity index is 1.73. The molecule has 130 valence electrons. The van der Waals surface area contributed by atoms with Gasteiger partial charge in [-0.05, 0) is 18.2 Å². The number of imidazole rings is 1. The summed E-state index contributed by atoms with van der Waals surface area (Å²) in [5, 5.41) is 7.88. The van der Waals surface area contributed by atoms with E-state index in [-0.39, 0.29) is 6.67 Å². The smallest absolute Gasteiger partial charge is 0.154 e. The van der Waals surface area contributed by atoms with Gasteiger partial charge in [-0.1, -0.05) is 0 Å². The van der Waals surface area contributed by atoms with Crippen LogP contribution in [0.2, 0.25) is 0 Å². The third-order valence-corrected chi connectivity index (χ3v) is 4.17. The van der Waals surface area contributed by atoms with Gasteiger partial charge in [-0.2, -0.15) is 0 Å². The number of alkyl halides is 1. The molecule has 0 spiro atoms. The normalized spacial score (nSPS) is 15.6. The maximum absolute atomic E-state index is 12.8. The molecule has 0 atom stereocenters. The number of halogens is 1. The fraction of sp³-hybridized carbons (Fsp3) is 0.353. The van der Waals surface area contributed by atoms with Crippen LogP contribution in [0.4, 0.5) is 10.2 Å². The van der Waals surface area contributed by atoms with Crippen LogP contribution < -0.4 is 10.1 Å². The van der Waals surface area contributed by atoms with Crippen molar-refractivity contribution in [2.75, 3.05) is 44.8 Å². The molecule has 1 N–H and O–H groups in total. The van der Waals surface area contributed by atoms with E-state index in [1.165, 1.54) is 0 Å². The number of aromatic nitrogens is 4. The van der Waals surface area contributed by atoms with Gasteiger partial charge in [-0.15, -0.1) is 5.10 Å². The van der Waals surface area contributed by atoms with E-state index in [0.29, 0.717) is 32.8 Å². The van der Waals surface area contributed by atoms with Gasteiger partial charge in [0, 0.05) is 38.4 Å². The van der Waals surface area contributed by atoms with Crippen LogP contribution in [0.5, 0.6) is 5.75 Å². The predicted molar refractivity (Wildman–Crippen MR) is 92.6 cm³/mol. The topological polar surface area (TPSA) is 67.6 Å². The third kappa shape index (κ3) is 3.39. The van der Waals surface area contributed by atoms with Gasteiger partial charge < -0.3 is 10.1 Å². The summed E-state index contributed by atoms with van der Waals surface area (Å²) in [6, 6.07) is 7.49. The molecule has 0 aromatic carbocycles. The van der Waals surface area contributed by atoms with Crippen molar-refractivity contribution in [2.45, 2.75) is 0 Å². The van der Waals surface area contributed by atoms with Crippen molar-refractivity contribution in [3.05, 3.63) is 36.7 Å². The van der Waals surface area contributed by atoms with E-state index in [4.69, 9.17) is 4.74 Å². The Morgan fingerprint density at radius 2 is 2.16 bits per heavy atom. The van der Waals surface area contributed by atoms with Crippen molar-refractivity contribution in [3.8, 4) is 17.1 Å². The molecule has 8 heteroatoms. The first-order valence-electron chi connectivity index (χ1n) is 8.30. The van der Waals surface area contributed by atoms with Gasteiger partial charge in [0.05, 0.1) is 11.9 Å². The molecule has 3 aromatic rings. The molecular weight excluding hydrogens is 323 g/mol. The molecule has 0 unspecified atom stereocenters. The predicted octanol–water partition coefficient (Wildman–Crippen LogP) is 1.87. The highest BCUT2D eigenvalue weighted by atomic mass is 19.1. The SMILES string of the molecule is FCCN1CCNc2ccc3ncc(n3n2)-c2cc(ccn2)OCC1. The number of nitrogens with one attached hydrogen (secondary N) is 1. The largest absolute Gasteiger partial charge is 0.492 e. The molecule has 0 saturated heterocycles. The van der Waals surface area contributed by atoms with Crippen molar-refractivity contribution in [3.63, 3.8) is 0 Å². The molecule has 25 heavy (non-hydrogen) atoms. The number of ether oxygens (including phenoxy) is 1. The van der Waals surface area contributed by atoms with Gasteiger partial charge in [0.2, 0.25) is 0 Å². The van der Waals surface area contributed by atoms with Crippen LogP contribution in [0.15, 0.2) is 36.7 Å². The maximum Gasteiger partial charge on any atom is 0.154 e. The molecule has 4 rings (SSSR count). The van der Waals surface area contributed by atoms with Gasteiger partial charge in [0.25, 0.3) is 0 Å². The molecule has 7 nitrogen and oxygen atoms in total. The Kier molecular flexibility index (Phi) is 4.43. The fourth-order valence-corrected chi connectivity index (χ4v) is 2.87. The minimum atomic E-state index is -0.373. The Morgan fingerprint density at radius 1 is 1.20 bits per heavy atom. The van der Waals surface area contributed by atoms with Crippen molar-refractivity contribution in [1.82, 2.24) is 24.5 Å². The van der Waals surface area contributed by atoms with E-state index in [9.17, 15) is 4.39 Å². The highest BCUT2D eigenvalue weighted by Crippen LogP contribution is 2.22. The zero-order valence-electron chi connectivity index (χ0n) is 13.7. The van der Waals surface area contributed by atoms with Crippen molar-refractivity contribution in [2.24, 2.45) is 0 Å². The Labute approximate surface area is 144 Å². The lowest BCUT2D eigenvalue weighted by molar-refractivity contribution is 0.201. The summed E-state index contributed by atoms with van der Waals surface area (Å²) in [6.45, 7) is 2.56. The lowest BCUT2D eigenvalue weighted by atomic mass is 10.3. The van der Waals surface area contributed by atoms with E-state index in [0.717, 1.165) is 28.6 Å². The summed E-state index contributed by atoms with van der Waals surface area (Å²) in [5.41, 5.74) is 2.30. The summed E-state index contributed by atoms with van der Waals surface area (Å²) in [5.74, 6) is 1.47. The molecule has 4 heterocycles. The fourth-order valence-electron chi connectivity index (χ4n) is 2.87. The summed E-state index contributed by atoms with van der Waals surface area (Å²) in [6.07, 6.45) is 3.46. The monoisotopic (exact) mass is 342 g/mol. The van der Waals surface area contributed by atoms with E-state index in [1.54, 1.807) is 16.9 Å². The van der Waals surface area contributed by atoms with Crippen molar-refractivity contribution in [1.29, 1.82) is 0 Å². The highest BCUT2D eigenvalue weighted by molar-refractivity contribution is 5.61. The second-order valence-electron chi connectivity index (χ2n) is 5.81. The third-order valence-electron chi connectivity index (χ3n) is 4.17. The summed E-state index contributed by atoms with van der Waals surface area (Å²) in [4.78, 5) is 10.8. The first-order valence-corrected chi connectivity index (χ1v) is 8.30. The summed E-state index contributed by atoms with van der Waals surface area (Å²) in [7, 11) is 0. The quantitative estimate of drug-likeness (QED) is 0.767. The molecule has 0 saturated carbocycles. The van der Waals surface area contributed by atoms with Crippen molar-refractivity contribution < 1.29 is 9.13 Å². The molecule has 0 amide bonds. The van der Waals surface area contributed by atoms with E-state index in [1.807, 2.05) is 29.2 Å². The number of rotatable bonds is 2. The van der Waals surface area contributed by atoms with Gasteiger partial charge in [0.1, 0.15) is 30.5 Å². The van der Waals surface area contributed by atoms with Gasteiger partial charge in [-0.3, -0.25) is 9.88 Å². The standard InChI is InChI=1S/C17H19FN6O/c18-4-7-23-8-6-20-16-1-2-17-21-12-15(24(17)22-16)14-11-13(3-5-19-14)25-10-9-23/h1-3,5,11-12H,4,6-10H2,(H,20,22). The number of hydrogen-bond donors (Lipinski definition) is 1. The van der Waals surface area contributed by atoms with Gasteiger partial charge in [0.15, 0.2) is 5.65 Å². The molecule has 1 aliphatic heterocycles. The Bertz CT molecular complexity index is 867. The lowest BCUT2D eigenvalue weighted by Crippen LogP contribution is -2.34. The zero-order chi connectivity index (χ0) is 17.1. The number of hydrogen-bond acceptors (Lipinski definition) is 6. The first-order chi connectivity index (χ1) is 12.3. The highest BCUT2D eigenvalue weighted by Gasteiger charge is 2.12.